The quantitative estimate of drug-likeness (QED) is 0.725. The molecule has 0 spiro atoms. The van der Waals surface area contributed by atoms with Gasteiger partial charge in [-0.05, 0) is 6.07 Å². The van der Waals surface area contributed by atoms with Crippen LogP contribution in [0.5, 0.6) is 0 Å². The van der Waals surface area contributed by atoms with Gasteiger partial charge in [-0.3, -0.25) is 4.79 Å². The zero-order chi connectivity index (χ0) is 14.1. The molecular formula is C13H21N3O2S. The second-order valence-electron chi connectivity index (χ2n) is 4.20. The highest BCUT2D eigenvalue weighted by Gasteiger charge is 2.07. The van der Waals surface area contributed by atoms with Crippen LogP contribution in [-0.2, 0) is 16.1 Å². The molecule has 0 unspecified atom stereocenters. The number of methoxy groups -OCH3 is 1. The van der Waals surface area contributed by atoms with Crippen molar-refractivity contribution in [1.29, 1.82) is 0 Å². The number of carbonyl (C=O) groups excluding carboxylic acids is 1. The first-order chi connectivity index (χ1) is 9.15. The molecule has 0 bridgehead atoms. The number of carbonyl (C=O) groups is 1. The van der Waals surface area contributed by atoms with Crippen LogP contribution in [-0.4, -0.2) is 50.2 Å². The third-order valence-electron chi connectivity index (χ3n) is 2.43. The first-order valence-electron chi connectivity index (χ1n) is 6.09. The summed E-state index contributed by atoms with van der Waals surface area (Å²) >= 11 is 1.57. The number of nitrogens with zero attached hydrogens (tertiary/aromatic N) is 2. The molecular weight excluding hydrogens is 262 g/mol. The summed E-state index contributed by atoms with van der Waals surface area (Å²) in [6.07, 6.45) is 1.75. The average molecular weight is 283 g/mol. The standard InChI is InChI=1S/C13H21N3O2S/c1-16(2)13-11(5-4-6-14-13)9-15-12(17)10-19-8-7-18-3/h4-6H,7-10H2,1-3H3,(H,15,17). The van der Waals surface area contributed by atoms with Crippen molar-refractivity contribution in [1.82, 2.24) is 10.3 Å². The van der Waals surface area contributed by atoms with E-state index in [2.05, 4.69) is 10.3 Å². The highest BCUT2D eigenvalue weighted by atomic mass is 32.2. The monoisotopic (exact) mass is 283 g/mol. The lowest BCUT2D eigenvalue weighted by molar-refractivity contribution is -0.118. The molecule has 0 radical (unpaired) electrons. The maximum absolute atomic E-state index is 11.7. The molecule has 0 saturated heterocycles. The van der Waals surface area contributed by atoms with Gasteiger partial charge in [0.25, 0.3) is 0 Å². The first-order valence-corrected chi connectivity index (χ1v) is 7.25. The SMILES string of the molecule is COCCSCC(=O)NCc1cccnc1N(C)C. The van der Waals surface area contributed by atoms with E-state index >= 15 is 0 Å². The number of rotatable bonds is 8. The van der Waals surface area contributed by atoms with Crippen molar-refractivity contribution >= 4 is 23.5 Å². The van der Waals surface area contributed by atoms with Crippen molar-refractivity contribution in [3.8, 4) is 0 Å². The van der Waals surface area contributed by atoms with Gasteiger partial charge in [0.1, 0.15) is 5.82 Å². The Hall–Kier alpha value is -1.27. The molecule has 1 amide bonds. The number of pyridine rings is 1. The zero-order valence-electron chi connectivity index (χ0n) is 11.7. The molecule has 1 aromatic rings. The van der Waals surface area contributed by atoms with E-state index < -0.39 is 0 Å². The van der Waals surface area contributed by atoms with Gasteiger partial charge in [-0.15, -0.1) is 11.8 Å². The highest BCUT2D eigenvalue weighted by molar-refractivity contribution is 7.99. The fourth-order valence-corrected chi connectivity index (χ4v) is 2.24. The lowest BCUT2D eigenvalue weighted by Crippen LogP contribution is -2.26. The second kappa shape index (κ2) is 8.77. The molecule has 1 heterocycles. The van der Waals surface area contributed by atoms with E-state index in [4.69, 9.17) is 4.74 Å². The summed E-state index contributed by atoms with van der Waals surface area (Å²) in [5, 5.41) is 2.90. The third-order valence-corrected chi connectivity index (χ3v) is 3.35. The molecule has 1 rings (SSSR count). The molecule has 19 heavy (non-hydrogen) atoms. The van der Waals surface area contributed by atoms with Crippen molar-refractivity contribution in [2.45, 2.75) is 6.54 Å². The van der Waals surface area contributed by atoms with E-state index in [1.54, 1.807) is 25.1 Å². The lowest BCUT2D eigenvalue weighted by Gasteiger charge is -2.16. The smallest absolute Gasteiger partial charge is 0.230 e. The van der Waals surface area contributed by atoms with E-state index in [-0.39, 0.29) is 5.91 Å². The Balaban J connectivity index is 2.38. The number of aromatic nitrogens is 1. The Morgan fingerprint density at radius 3 is 3.00 bits per heavy atom. The molecule has 0 aliphatic carbocycles. The van der Waals surface area contributed by atoms with Gasteiger partial charge in [-0.2, -0.15) is 0 Å². The minimum atomic E-state index is 0.0367. The number of nitrogens with one attached hydrogen (secondary N) is 1. The van der Waals surface area contributed by atoms with Crippen molar-refractivity contribution in [2.24, 2.45) is 0 Å². The molecule has 0 atom stereocenters. The van der Waals surface area contributed by atoms with Gasteiger partial charge in [-0.1, -0.05) is 6.07 Å². The normalized spacial score (nSPS) is 10.3. The van der Waals surface area contributed by atoms with Gasteiger partial charge >= 0.3 is 0 Å². The van der Waals surface area contributed by atoms with E-state index in [0.29, 0.717) is 18.9 Å². The van der Waals surface area contributed by atoms with Crippen LogP contribution < -0.4 is 10.2 Å². The van der Waals surface area contributed by atoms with Gasteiger partial charge in [-0.25, -0.2) is 4.98 Å². The molecule has 0 fully saturated rings. The number of thioether (sulfide) groups is 1. The van der Waals surface area contributed by atoms with Crippen LogP contribution in [0.15, 0.2) is 18.3 Å². The maximum atomic E-state index is 11.7. The topological polar surface area (TPSA) is 54.5 Å². The zero-order valence-corrected chi connectivity index (χ0v) is 12.5. The minimum absolute atomic E-state index is 0.0367. The Morgan fingerprint density at radius 2 is 2.32 bits per heavy atom. The number of hydrogen-bond acceptors (Lipinski definition) is 5. The fourth-order valence-electron chi connectivity index (χ4n) is 1.52. The molecule has 0 aromatic carbocycles. The van der Waals surface area contributed by atoms with Crippen LogP contribution in [0, 0.1) is 0 Å². The van der Waals surface area contributed by atoms with Crippen LogP contribution in [0.1, 0.15) is 5.56 Å². The van der Waals surface area contributed by atoms with Crippen LogP contribution in [0.3, 0.4) is 0 Å². The van der Waals surface area contributed by atoms with Gasteiger partial charge in [0.15, 0.2) is 0 Å². The summed E-state index contributed by atoms with van der Waals surface area (Å²) in [5.74, 6) is 2.21. The van der Waals surface area contributed by atoms with Crippen molar-refractivity contribution in [2.75, 3.05) is 44.2 Å². The number of hydrogen-bond donors (Lipinski definition) is 1. The van der Waals surface area contributed by atoms with Crippen molar-refractivity contribution in [3.63, 3.8) is 0 Å². The van der Waals surface area contributed by atoms with Gasteiger partial charge in [0, 0.05) is 45.3 Å². The Kier molecular flexibility index (Phi) is 7.28. The Morgan fingerprint density at radius 1 is 1.53 bits per heavy atom. The molecule has 1 N–H and O–H groups in total. The van der Waals surface area contributed by atoms with Crippen molar-refractivity contribution < 1.29 is 9.53 Å². The van der Waals surface area contributed by atoms with E-state index in [1.807, 2.05) is 31.1 Å². The summed E-state index contributed by atoms with van der Waals surface area (Å²) in [6, 6.07) is 3.85. The molecule has 5 nitrogen and oxygen atoms in total. The largest absolute Gasteiger partial charge is 0.384 e. The fraction of sp³-hybridized carbons (Fsp3) is 0.538. The van der Waals surface area contributed by atoms with Crippen molar-refractivity contribution in [3.05, 3.63) is 23.9 Å². The predicted octanol–water partition coefficient (Wildman–Crippen LogP) is 1.14. The van der Waals surface area contributed by atoms with Gasteiger partial charge in [0.05, 0.1) is 12.4 Å². The lowest BCUT2D eigenvalue weighted by atomic mass is 10.2. The van der Waals surface area contributed by atoms with Crippen LogP contribution in [0.4, 0.5) is 5.82 Å². The Bertz CT molecular complexity index is 399. The Labute approximate surface area is 118 Å². The van der Waals surface area contributed by atoms with Gasteiger partial charge < -0.3 is 15.0 Å². The third kappa shape index (κ3) is 5.94. The minimum Gasteiger partial charge on any atom is -0.384 e. The molecule has 0 aliphatic rings. The molecule has 6 heteroatoms. The maximum Gasteiger partial charge on any atom is 0.230 e. The summed E-state index contributed by atoms with van der Waals surface area (Å²) in [5.41, 5.74) is 1.02. The molecule has 1 aromatic heterocycles. The molecule has 0 aliphatic heterocycles. The summed E-state index contributed by atoms with van der Waals surface area (Å²) < 4.78 is 4.93. The summed E-state index contributed by atoms with van der Waals surface area (Å²) in [4.78, 5) is 17.9. The summed E-state index contributed by atoms with van der Waals surface area (Å²) in [7, 11) is 5.54. The van der Waals surface area contributed by atoms with Gasteiger partial charge in [0.2, 0.25) is 5.91 Å². The second-order valence-corrected chi connectivity index (χ2v) is 5.31. The van der Waals surface area contributed by atoms with E-state index in [9.17, 15) is 4.79 Å². The highest BCUT2D eigenvalue weighted by Crippen LogP contribution is 2.13. The predicted molar refractivity (Wildman–Crippen MR) is 79.6 cm³/mol. The number of anilines is 1. The van der Waals surface area contributed by atoms with Crippen LogP contribution >= 0.6 is 11.8 Å². The van der Waals surface area contributed by atoms with Crippen LogP contribution in [0.25, 0.3) is 0 Å². The number of amides is 1. The first kappa shape index (κ1) is 15.8. The molecule has 0 saturated carbocycles. The van der Waals surface area contributed by atoms with E-state index in [0.717, 1.165) is 17.1 Å². The molecule has 106 valence electrons. The summed E-state index contributed by atoms with van der Waals surface area (Å²) in [6.45, 7) is 1.18. The van der Waals surface area contributed by atoms with E-state index in [1.165, 1.54) is 0 Å². The average Bonchev–Trinajstić information content (AvgIpc) is 2.41. The van der Waals surface area contributed by atoms with Crippen LogP contribution in [0.2, 0.25) is 0 Å². The number of ether oxygens (including phenoxy) is 1.